The fraction of sp³-hybridized carbons (Fsp3) is 1.00. The monoisotopic (exact) mass is 316 g/mol. The Kier molecular flexibility index (Phi) is 10.00. The highest BCUT2D eigenvalue weighted by atomic mass is 35.7. The molecule has 0 spiro atoms. The standard InChI is InChI=1S/C12H25ClO5S/c1-4-12(5-2,11-19(13,14)15)10-18-9-8-17-7-6-16-3/h4-11H2,1-3H3. The Hall–Kier alpha value is 0.120. The lowest BCUT2D eigenvalue weighted by molar-refractivity contribution is -0.00242. The molecule has 0 atom stereocenters. The van der Waals surface area contributed by atoms with Crippen LogP contribution in [0.5, 0.6) is 0 Å². The number of hydrogen-bond acceptors (Lipinski definition) is 5. The Morgan fingerprint density at radius 3 is 2.00 bits per heavy atom. The predicted molar refractivity (Wildman–Crippen MR) is 76.2 cm³/mol. The Morgan fingerprint density at radius 2 is 1.53 bits per heavy atom. The van der Waals surface area contributed by atoms with Crippen LogP contribution in [0.2, 0.25) is 0 Å². The summed E-state index contributed by atoms with van der Waals surface area (Å²) in [5, 5.41) is 0. The predicted octanol–water partition coefficient (Wildman–Crippen LogP) is 2.04. The highest BCUT2D eigenvalue weighted by Crippen LogP contribution is 2.30. The van der Waals surface area contributed by atoms with Gasteiger partial charge in [-0.1, -0.05) is 13.8 Å². The molecule has 0 N–H and O–H groups in total. The van der Waals surface area contributed by atoms with Crippen LogP contribution in [-0.2, 0) is 23.3 Å². The number of ether oxygens (including phenoxy) is 3. The third-order valence-electron chi connectivity index (χ3n) is 3.19. The van der Waals surface area contributed by atoms with Gasteiger partial charge in [0.2, 0.25) is 9.05 Å². The van der Waals surface area contributed by atoms with Gasteiger partial charge in [0.1, 0.15) is 0 Å². The molecule has 0 aromatic carbocycles. The van der Waals surface area contributed by atoms with E-state index < -0.39 is 14.5 Å². The molecule has 0 amide bonds. The molecule has 5 nitrogen and oxygen atoms in total. The van der Waals surface area contributed by atoms with Gasteiger partial charge in [-0.2, -0.15) is 0 Å². The van der Waals surface area contributed by atoms with Crippen molar-refractivity contribution in [3.8, 4) is 0 Å². The molecule has 0 rings (SSSR count). The Balaban J connectivity index is 4.01. The van der Waals surface area contributed by atoms with Crippen LogP contribution >= 0.6 is 10.7 Å². The zero-order valence-corrected chi connectivity index (χ0v) is 13.6. The van der Waals surface area contributed by atoms with Gasteiger partial charge in [0.05, 0.1) is 38.8 Å². The molecule has 19 heavy (non-hydrogen) atoms. The number of hydrogen-bond donors (Lipinski definition) is 0. The first-order valence-electron chi connectivity index (χ1n) is 6.46. The summed E-state index contributed by atoms with van der Waals surface area (Å²) in [5.74, 6) is -0.0565. The van der Waals surface area contributed by atoms with Crippen molar-refractivity contribution in [2.24, 2.45) is 5.41 Å². The summed E-state index contributed by atoms with van der Waals surface area (Å²) in [7, 11) is 3.45. The SMILES string of the molecule is CCC(CC)(COCCOCCOC)CS(=O)(=O)Cl. The normalized spacial score (nSPS) is 12.8. The van der Waals surface area contributed by atoms with Crippen molar-refractivity contribution < 1.29 is 22.6 Å². The van der Waals surface area contributed by atoms with Gasteiger partial charge in [0.15, 0.2) is 0 Å². The minimum absolute atomic E-state index is 0.0565. The van der Waals surface area contributed by atoms with Gasteiger partial charge in [-0.3, -0.25) is 0 Å². The summed E-state index contributed by atoms with van der Waals surface area (Å²) in [6.45, 7) is 6.27. The second-order valence-electron chi connectivity index (χ2n) is 4.55. The lowest BCUT2D eigenvalue weighted by Gasteiger charge is -2.29. The average molecular weight is 317 g/mol. The molecule has 0 bridgehead atoms. The highest BCUT2D eigenvalue weighted by molar-refractivity contribution is 8.13. The lowest BCUT2D eigenvalue weighted by Crippen LogP contribution is -2.33. The smallest absolute Gasteiger partial charge is 0.233 e. The molecular formula is C12H25ClO5S. The van der Waals surface area contributed by atoms with E-state index in [0.717, 1.165) is 0 Å². The molecular weight excluding hydrogens is 292 g/mol. The molecule has 0 heterocycles. The number of halogens is 1. The van der Waals surface area contributed by atoms with Crippen LogP contribution in [0.1, 0.15) is 26.7 Å². The van der Waals surface area contributed by atoms with Crippen LogP contribution in [0.4, 0.5) is 0 Å². The van der Waals surface area contributed by atoms with Gasteiger partial charge in [0, 0.05) is 23.2 Å². The maximum absolute atomic E-state index is 11.2. The van der Waals surface area contributed by atoms with Crippen molar-refractivity contribution in [3.63, 3.8) is 0 Å². The summed E-state index contributed by atoms with van der Waals surface area (Å²) >= 11 is 0. The molecule has 0 radical (unpaired) electrons. The van der Waals surface area contributed by atoms with Gasteiger partial charge < -0.3 is 14.2 Å². The minimum Gasteiger partial charge on any atom is -0.382 e. The fourth-order valence-electron chi connectivity index (χ4n) is 1.72. The molecule has 0 unspecified atom stereocenters. The quantitative estimate of drug-likeness (QED) is 0.407. The first kappa shape index (κ1) is 19.1. The molecule has 0 fully saturated rings. The fourth-order valence-corrected chi connectivity index (χ4v) is 3.63. The van der Waals surface area contributed by atoms with E-state index in [1.54, 1.807) is 7.11 Å². The highest BCUT2D eigenvalue weighted by Gasteiger charge is 2.31. The van der Waals surface area contributed by atoms with Crippen molar-refractivity contribution in [1.29, 1.82) is 0 Å². The lowest BCUT2D eigenvalue weighted by atomic mass is 9.85. The van der Waals surface area contributed by atoms with Crippen LogP contribution in [0.3, 0.4) is 0 Å². The summed E-state index contributed by atoms with van der Waals surface area (Å²) in [4.78, 5) is 0. The average Bonchev–Trinajstić information content (AvgIpc) is 2.35. The van der Waals surface area contributed by atoms with Crippen LogP contribution in [0.15, 0.2) is 0 Å². The van der Waals surface area contributed by atoms with Gasteiger partial charge in [-0.25, -0.2) is 8.42 Å². The maximum Gasteiger partial charge on any atom is 0.233 e. The van der Waals surface area contributed by atoms with Gasteiger partial charge in [-0.05, 0) is 12.8 Å². The summed E-state index contributed by atoms with van der Waals surface area (Å²) in [6.07, 6.45) is 1.42. The molecule has 7 heteroatoms. The van der Waals surface area contributed by atoms with Crippen molar-refractivity contribution in [2.75, 3.05) is 45.9 Å². The first-order valence-corrected chi connectivity index (χ1v) is 8.93. The minimum atomic E-state index is -3.52. The van der Waals surface area contributed by atoms with E-state index in [-0.39, 0.29) is 5.75 Å². The van der Waals surface area contributed by atoms with Crippen molar-refractivity contribution >= 4 is 19.7 Å². The number of methoxy groups -OCH3 is 1. The molecule has 0 aromatic heterocycles. The molecule has 0 aromatic rings. The Labute approximate surface area is 121 Å². The van der Waals surface area contributed by atoms with E-state index in [1.165, 1.54) is 0 Å². The second kappa shape index (κ2) is 9.94. The largest absolute Gasteiger partial charge is 0.382 e. The van der Waals surface area contributed by atoms with Crippen molar-refractivity contribution in [1.82, 2.24) is 0 Å². The van der Waals surface area contributed by atoms with E-state index in [9.17, 15) is 8.42 Å². The first-order chi connectivity index (χ1) is 8.89. The maximum atomic E-state index is 11.2. The van der Waals surface area contributed by atoms with Crippen LogP contribution < -0.4 is 0 Å². The van der Waals surface area contributed by atoms with Gasteiger partial charge >= 0.3 is 0 Å². The summed E-state index contributed by atoms with van der Waals surface area (Å²) in [6, 6.07) is 0. The molecule has 0 saturated heterocycles. The van der Waals surface area contributed by atoms with E-state index in [4.69, 9.17) is 24.9 Å². The van der Waals surface area contributed by atoms with Crippen LogP contribution in [-0.4, -0.2) is 54.3 Å². The zero-order valence-electron chi connectivity index (χ0n) is 12.0. The molecule has 0 aliphatic heterocycles. The third kappa shape index (κ3) is 9.62. The zero-order chi connectivity index (χ0) is 14.8. The molecule has 116 valence electrons. The Bertz CT molecular complexity index is 314. The van der Waals surface area contributed by atoms with Gasteiger partial charge in [-0.15, -0.1) is 0 Å². The number of rotatable bonds is 12. The third-order valence-corrected chi connectivity index (χ3v) is 4.48. The molecule has 0 aliphatic rings. The second-order valence-corrected chi connectivity index (χ2v) is 7.32. The van der Waals surface area contributed by atoms with E-state index >= 15 is 0 Å². The van der Waals surface area contributed by atoms with E-state index in [2.05, 4.69) is 0 Å². The Morgan fingerprint density at radius 1 is 1.00 bits per heavy atom. The van der Waals surface area contributed by atoms with E-state index in [0.29, 0.717) is 45.9 Å². The van der Waals surface area contributed by atoms with Gasteiger partial charge in [0.25, 0.3) is 0 Å². The van der Waals surface area contributed by atoms with E-state index in [1.807, 2.05) is 13.8 Å². The molecule has 0 saturated carbocycles. The van der Waals surface area contributed by atoms with Crippen molar-refractivity contribution in [3.05, 3.63) is 0 Å². The summed E-state index contributed by atoms with van der Waals surface area (Å²) < 4.78 is 38.1. The van der Waals surface area contributed by atoms with Crippen molar-refractivity contribution in [2.45, 2.75) is 26.7 Å². The van der Waals surface area contributed by atoms with Crippen LogP contribution in [0.25, 0.3) is 0 Å². The van der Waals surface area contributed by atoms with Crippen LogP contribution in [0, 0.1) is 5.41 Å². The summed E-state index contributed by atoms with van der Waals surface area (Å²) in [5.41, 5.74) is -0.410. The topological polar surface area (TPSA) is 61.8 Å². The molecule has 0 aliphatic carbocycles.